The van der Waals surface area contributed by atoms with Gasteiger partial charge < -0.3 is 19.6 Å². The summed E-state index contributed by atoms with van der Waals surface area (Å²) in [6.07, 6.45) is 7.47. The quantitative estimate of drug-likeness (QED) is 0.459. The van der Waals surface area contributed by atoms with E-state index in [1.165, 1.54) is 7.11 Å². The van der Waals surface area contributed by atoms with Crippen LogP contribution in [0.2, 0.25) is 0 Å². The SMILES string of the molecule is C#Cc1cnc2c(C)cc(OC(C)C(=S)NC(C)(C=O)COC)cc2c1. The first-order chi connectivity index (χ1) is 12.3. The van der Waals surface area contributed by atoms with Gasteiger partial charge in [-0.2, -0.15) is 0 Å². The molecule has 0 aliphatic heterocycles. The van der Waals surface area contributed by atoms with Crippen molar-refractivity contribution in [2.45, 2.75) is 32.4 Å². The summed E-state index contributed by atoms with van der Waals surface area (Å²) in [5.74, 6) is 3.24. The Balaban J connectivity index is 2.20. The number of hydrogen-bond donors (Lipinski definition) is 1. The first-order valence-corrected chi connectivity index (χ1v) is 8.53. The van der Waals surface area contributed by atoms with Gasteiger partial charge in [-0.05, 0) is 44.5 Å². The summed E-state index contributed by atoms with van der Waals surface area (Å²) in [6, 6.07) is 5.67. The third kappa shape index (κ3) is 4.57. The Hall–Kier alpha value is -2.49. The molecule has 2 atom stereocenters. The number of fused-ring (bicyclic) bond motifs is 1. The van der Waals surface area contributed by atoms with Crippen molar-refractivity contribution in [2.75, 3.05) is 13.7 Å². The molecule has 0 radical (unpaired) electrons. The largest absolute Gasteiger partial charge is 0.484 e. The van der Waals surface area contributed by atoms with Crippen molar-refractivity contribution in [3.05, 3.63) is 35.5 Å². The minimum atomic E-state index is -0.894. The van der Waals surface area contributed by atoms with E-state index in [-0.39, 0.29) is 6.61 Å². The van der Waals surface area contributed by atoms with Gasteiger partial charge in [0.2, 0.25) is 0 Å². The highest BCUT2D eigenvalue weighted by Crippen LogP contribution is 2.25. The fraction of sp³-hybridized carbons (Fsp3) is 0.350. The lowest BCUT2D eigenvalue weighted by Crippen LogP contribution is -2.53. The van der Waals surface area contributed by atoms with E-state index in [1.807, 2.05) is 32.0 Å². The van der Waals surface area contributed by atoms with Gasteiger partial charge >= 0.3 is 0 Å². The van der Waals surface area contributed by atoms with E-state index in [2.05, 4.69) is 16.2 Å². The van der Waals surface area contributed by atoms with Gasteiger partial charge in [0.05, 0.1) is 12.1 Å². The Kier molecular flexibility index (Phi) is 6.30. The molecular formula is C20H22N2O3S. The van der Waals surface area contributed by atoms with Gasteiger partial charge in [-0.1, -0.05) is 18.1 Å². The highest BCUT2D eigenvalue weighted by atomic mass is 32.1. The Labute approximate surface area is 159 Å². The van der Waals surface area contributed by atoms with Crippen molar-refractivity contribution in [3.63, 3.8) is 0 Å². The van der Waals surface area contributed by atoms with Crippen molar-refractivity contribution in [3.8, 4) is 18.1 Å². The Morgan fingerprint density at radius 1 is 1.50 bits per heavy atom. The first kappa shape index (κ1) is 19.8. The second-order valence-electron chi connectivity index (χ2n) is 6.40. The Bertz CT molecular complexity index is 875. The lowest BCUT2D eigenvalue weighted by molar-refractivity contribution is -0.114. The standard InChI is InChI=1S/C20H22N2O3S/c1-6-15-8-16-9-17(7-13(2)18(16)21-10-15)25-14(3)19(26)22-20(4,11-23)12-24-5/h1,7-11,14H,12H2,2-5H3,(H,22,26). The minimum absolute atomic E-state index is 0.207. The molecule has 2 aromatic rings. The monoisotopic (exact) mass is 370 g/mol. The van der Waals surface area contributed by atoms with Gasteiger partial charge in [0.25, 0.3) is 0 Å². The van der Waals surface area contributed by atoms with E-state index in [1.54, 1.807) is 13.1 Å². The normalized spacial score (nSPS) is 14.1. The molecule has 0 saturated carbocycles. The summed E-state index contributed by atoms with van der Waals surface area (Å²) in [5, 5.41) is 3.91. The third-order valence-corrected chi connectivity index (χ3v) is 4.34. The summed E-state index contributed by atoms with van der Waals surface area (Å²) in [5.41, 5.74) is 1.66. The van der Waals surface area contributed by atoms with E-state index >= 15 is 0 Å². The van der Waals surface area contributed by atoms with Gasteiger partial charge in [-0.3, -0.25) is 4.98 Å². The van der Waals surface area contributed by atoms with E-state index in [9.17, 15) is 4.79 Å². The fourth-order valence-corrected chi connectivity index (χ4v) is 2.87. The maximum atomic E-state index is 11.3. The molecule has 2 unspecified atom stereocenters. The predicted molar refractivity (Wildman–Crippen MR) is 107 cm³/mol. The summed E-state index contributed by atoms with van der Waals surface area (Å²) < 4.78 is 11.0. The zero-order valence-electron chi connectivity index (χ0n) is 15.3. The number of aryl methyl sites for hydroxylation is 1. The molecule has 0 spiro atoms. The number of nitrogens with zero attached hydrogens (tertiary/aromatic N) is 1. The number of carbonyl (C=O) groups excluding carboxylic acids is 1. The predicted octanol–water partition coefficient (Wildman–Crippen LogP) is 2.81. The second-order valence-corrected chi connectivity index (χ2v) is 6.84. The van der Waals surface area contributed by atoms with Crippen LogP contribution in [0.3, 0.4) is 0 Å². The van der Waals surface area contributed by atoms with E-state index < -0.39 is 11.6 Å². The van der Waals surface area contributed by atoms with Crippen LogP contribution in [0, 0.1) is 19.3 Å². The topological polar surface area (TPSA) is 60.5 Å². The van der Waals surface area contributed by atoms with Gasteiger partial charge in [-0.25, -0.2) is 0 Å². The minimum Gasteiger partial charge on any atom is -0.484 e. The molecule has 0 bridgehead atoms. The van der Waals surface area contributed by atoms with Crippen molar-refractivity contribution in [1.29, 1.82) is 0 Å². The molecule has 0 fully saturated rings. The molecule has 1 heterocycles. The average Bonchev–Trinajstić information content (AvgIpc) is 2.61. The number of hydrogen-bond acceptors (Lipinski definition) is 5. The molecule has 0 amide bonds. The van der Waals surface area contributed by atoms with Gasteiger partial charge in [0.1, 0.15) is 28.7 Å². The number of pyridine rings is 1. The molecule has 2 rings (SSSR count). The molecule has 1 aromatic heterocycles. The Morgan fingerprint density at radius 3 is 2.85 bits per heavy atom. The maximum Gasteiger partial charge on any atom is 0.147 e. The van der Waals surface area contributed by atoms with Crippen LogP contribution in [0.25, 0.3) is 10.9 Å². The summed E-state index contributed by atoms with van der Waals surface area (Å²) in [4.78, 5) is 16.1. The number of terminal acetylenes is 1. The van der Waals surface area contributed by atoms with Crippen molar-refractivity contribution in [2.24, 2.45) is 0 Å². The number of thiocarbonyl (C=S) groups is 1. The molecule has 0 aliphatic carbocycles. The van der Waals surface area contributed by atoms with Crippen LogP contribution < -0.4 is 10.1 Å². The maximum absolute atomic E-state index is 11.3. The Morgan fingerprint density at radius 2 is 2.23 bits per heavy atom. The number of nitrogens with one attached hydrogen (secondary N) is 1. The molecule has 1 N–H and O–H groups in total. The van der Waals surface area contributed by atoms with Crippen molar-refractivity contribution in [1.82, 2.24) is 10.3 Å². The van der Waals surface area contributed by atoms with Gasteiger partial charge in [0.15, 0.2) is 0 Å². The van der Waals surface area contributed by atoms with Crippen LogP contribution in [0.1, 0.15) is 25.0 Å². The molecular weight excluding hydrogens is 348 g/mol. The smallest absolute Gasteiger partial charge is 0.147 e. The number of carbonyl (C=O) groups is 1. The number of aromatic nitrogens is 1. The molecule has 0 saturated heterocycles. The van der Waals surface area contributed by atoms with Crippen molar-refractivity contribution < 1.29 is 14.3 Å². The van der Waals surface area contributed by atoms with E-state index in [0.29, 0.717) is 16.3 Å². The number of methoxy groups -OCH3 is 1. The zero-order chi connectivity index (χ0) is 19.3. The molecule has 6 heteroatoms. The first-order valence-electron chi connectivity index (χ1n) is 8.13. The molecule has 136 valence electrons. The number of ether oxygens (including phenoxy) is 2. The molecule has 0 aliphatic rings. The number of benzene rings is 1. The van der Waals surface area contributed by atoms with Gasteiger partial charge in [-0.15, -0.1) is 6.42 Å². The summed E-state index contributed by atoms with van der Waals surface area (Å²) >= 11 is 5.38. The number of aldehydes is 1. The molecule has 1 aromatic carbocycles. The second kappa shape index (κ2) is 8.26. The van der Waals surface area contributed by atoms with E-state index in [0.717, 1.165) is 22.8 Å². The molecule has 5 nitrogen and oxygen atoms in total. The number of rotatable bonds is 7. The van der Waals surface area contributed by atoms with Crippen LogP contribution in [0.4, 0.5) is 0 Å². The fourth-order valence-electron chi connectivity index (χ4n) is 2.59. The lowest BCUT2D eigenvalue weighted by atomic mass is 10.1. The average molecular weight is 370 g/mol. The zero-order valence-corrected chi connectivity index (χ0v) is 16.1. The third-order valence-electron chi connectivity index (χ3n) is 3.91. The van der Waals surface area contributed by atoms with Crippen molar-refractivity contribution >= 4 is 34.4 Å². The van der Waals surface area contributed by atoms with E-state index in [4.69, 9.17) is 28.1 Å². The highest BCUT2D eigenvalue weighted by molar-refractivity contribution is 7.80. The van der Waals surface area contributed by atoms with Crippen LogP contribution in [0.15, 0.2) is 24.4 Å². The molecule has 26 heavy (non-hydrogen) atoms. The lowest BCUT2D eigenvalue weighted by Gasteiger charge is -2.27. The van der Waals surface area contributed by atoms with Crippen LogP contribution >= 0.6 is 12.2 Å². The van der Waals surface area contributed by atoms with Crippen LogP contribution in [-0.2, 0) is 9.53 Å². The van der Waals surface area contributed by atoms with Crippen LogP contribution in [-0.4, -0.2) is 41.6 Å². The highest BCUT2D eigenvalue weighted by Gasteiger charge is 2.26. The summed E-state index contributed by atoms with van der Waals surface area (Å²) in [7, 11) is 1.53. The van der Waals surface area contributed by atoms with Crippen LogP contribution in [0.5, 0.6) is 5.75 Å². The van der Waals surface area contributed by atoms with Gasteiger partial charge in [0, 0.05) is 24.3 Å². The summed E-state index contributed by atoms with van der Waals surface area (Å²) in [6.45, 7) is 5.71.